The number of carbonyl (C=O) groups excluding carboxylic acids is 1. The summed E-state index contributed by atoms with van der Waals surface area (Å²) in [5.74, 6) is -0.310. The predicted octanol–water partition coefficient (Wildman–Crippen LogP) is 4.24. The number of esters is 1. The Balaban J connectivity index is 2.18. The van der Waals surface area contributed by atoms with Crippen molar-refractivity contribution in [1.29, 1.82) is 0 Å². The Kier molecular flexibility index (Phi) is 12.7. The quantitative estimate of drug-likeness (QED) is 0.191. The van der Waals surface area contributed by atoms with Crippen molar-refractivity contribution in [3.8, 4) is 0 Å². The van der Waals surface area contributed by atoms with Crippen molar-refractivity contribution < 1.29 is 42.4 Å². The summed E-state index contributed by atoms with van der Waals surface area (Å²) < 4.78 is 47.4. The van der Waals surface area contributed by atoms with Crippen LogP contribution < -0.4 is 0 Å². The van der Waals surface area contributed by atoms with Gasteiger partial charge in [0, 0.05) is 34.2 Å². The van der Waals surface area contributed by atoms with E-state index in [4.69, 9.17) is 37.6 Å². The summed E-state index contributed by atoms with van der Waals surface area (Å²) in [7, 11) is 4.26. The lowest BCUT2D eigenvalue weighted by atomic mass is 9.94. The number of methoxy groups -OCH3 is 4. The molecule has 2 saturated heterocycles. The van der Waals surface area contributed by atoms with Crippen molar-refractivity contribution >= 4 is 14.3 Å². The van der Waals surface area contributed by atoms with E-state index in [1.807, 2.05) is 6.08 Å². The Labute approximate surface area is 224 Å². The molecule has 2 rings (SSSR count). The zero-order valence-corrected chi connectivity index (χ0v) is 25.3. The van der Waals surface area contributed by atoms with Crippen LogP contribution in [0.1, 0.15) is 52.9 Å². The van der Waals surface area contributed by atoms with E-state index in [1.165, 1.54) is 7.11 Å². The number of ether oxygens (including phenoxy) is 7. The van der Waals surface area contributed by atoms with Crippen LogP contribution in [0.25, 0.3) is 0 Å². The second-order valence-corrected chi connectivity index (χ2v) is 16.3. The zero-order valence-electron chi connectivity index (χ0n) is 24.3. The Hall–Kier alpha value is -0.853. The summed E-state index contributed by atoms with van der Waals surface area (Å²) in [6.45, 7) is 15.5. The first kappa shape index (κ1) is 32.4. The van der Waals surface area contributed by atoms with Crippen LogP contribution in [0.5, 0.6) is 0 Å². The molecule has 0 aromatic rings. The van der Waals surface area contributed by atoms with Gasteiger partial charge in [-0.1, -0.05) is 26.8 Å². The molecule has 9 nitrogen and oxygen atoms in total. The Morgan fingerprint density at radius 3 is 2.24 bits per heavy atom. The van der Waals surface area contributed by atoms with Crippen LogP contribution in [-0.4, -0.2) is 98.4 Å². The molecule has 216 valence electrons. The van der Waals surface area contributed by atoms with Crippen LogP contribution in [0.3, 0.4) is 0 Å². The third kappa shape index (κ3) is 9.10. The van der Waals surface area contributed by atoms with Crippen LogP contribution in [0.2, 0.25) is 18.1 Å². The molecule has 0 N–H and O–H groups in total. The van der Waals surface area contributed by atoms with Crippen molar-refractivity contribution in [3.05, 3.63) is 12.7 Å². The van der Waals surface area contributed by atoms with E-state index >= 15 is 0 Å². The van der Waals surface area contributed by atoms with E-state index in [2.05, 4.69) is 40.4 Å². The molecule has 37 heavy (non-hydrogen) atoms. The van der Waals surface area contributed by atoms with E-state index in [-0.39, 0.29) is 54.1 Å². The molecule has 2 aliphatic rings. The van der Waals surface area contributed by atoms with Gasteiger partial charge in [-0.2, -0.15) is 0 Å². The molecule has 2 fully saturated rings. The number of carbonyl (C=O) groups is 1. The summed E-state index contributed by atoms with van der Waals surface area (Å²) in [4.78, 5) is 12.1. The molecule has 10 heteroatoms. The normalized spacial score (nSPS) is 32.1. The lowest BCUT2D eigenvalue weighted by Gasteiger charge is -2.44. The predicted molar refractivity (Wildman–Crippen MR) is 143 cm³/mol. The molecule has 0 aromatic carbocycles. The fourth-order valence-corrected chi connectivity index (χ4v) is 6.16. The van der Waals surface area contributed by atoms with Crippen LogP contribution in [0.4, 0.5) is 0 Å². The number of rotatable bonds is 13. The number of hydrogen-bond acceptors (Lipinski definition) is 9. The third-order valence-electron chi connectivity index (χ3n) is 7.84. The van der Waals surface area contributed by atoms with Gasteiger partial charge in [-0.3, -0.25) is 4.79 Å². The van der Waals surface area contributed by atoms with Crippen molar-refractivity contribution in [2.24, 2.45) is 0 Å². The van der Waals surface area contributed by atoms with Gasteiger partial charge in [-0.15, -0.1) is 6.58 Å². The van der Waals surface area contributed by atoms with Crippen LogP contribution in [-0.2, 0) is 42.4 Å². The molecular formula is C27H50O9Si. The standard InChI is InChI=1S/C27H50O9Si/c1-11-12-18(36-37(9,10)27(2,3)4)13-19-14-20(15-21(34-19)16-23(28)30-6)35-26-25(32-8)24(31-7)22(29-5)17-33-26/h11,18-22,24-26H,1,12-17H2,2-10H3/t18-,19-,20+,21-,22-,24+,25-,26+/m1/s1. The lowest BCUT2D eigenvalue weighted by Crippen LogP contribution is -2.57. The molecule has 0 spiro atoms. The van der Waals surface area contributed by atoms with E-state index in [0.29, 0.717) is 25.9 Å². The van der Waals surface area contributed by atoms with Gasteiger partial charge < -0.3 is 37.6 Å². The van der Waals surface area contributed by atoms with Gasteiger partial charge in [0.05, 0.1) is 44.6 Å². The molecule has 8 atom stereocenters. The first-order valence-electron chi connectivity index (χ1n) is 13.2. The average molecular weight is 547 g/mol. The maximum Gasteiger partial charge on any atom is 0.308 e. The average Bonchev–Trinajstić information content (AvgIpc) is 2.82. The summed E-state index contributed by atoms with van der Waals surface area (Å²) in [5, 5.41) is 0.0876. The highest BCUT2D eigenvalue weighted by molar-refractivity contribution is 6.74. The van der Waals surface area contributed by atoms with Crippen molar-refractivity contribution in [1.82, 2.24) is 0 Å². The van der Waals surface area contributed by atoms with Gasteiger partial charge in [-0.05, 0) is 31.0 Å². The van der Waals surface area contributed by atoms with Gasteiger partial charge >= 0.3 is 5.97 Å². The molecule has 0 saturated carbocycles. The fourth-order valence-electron chi connectivity index (χ4n) is 4.78. The SMILES string of the molecule is C=CC[C@H](C[C@@H]1C[C@H](O[C@@H]2OC[C@@H](OC)[C@H](OC)[C@H]2OC)C[C@H](CC(=O)OC)O1)O[Si](C)(C)C(C)(C)C. The largest absolute Gasteiger partial charge is 0.469 e. The van der Waals surface area contributed by atoms with E-state index < -0.39 is 20.7 Å². The molecule has 0 amide bonds. The Bertz CT molecular complexity index is 710. The zero-order chi connectivity index (χ0) is 27.8. The lowest BCUT2D eigenvalue weighted by molar-refractivity contribution is -0.302. The maximum atomic E-state index is 12.1. The highest BCUT2D eigenvalue weighted by atomic mass is 28.4. The minimum absolute atomic E-state index is 0.0288. The molecular weight excluding hydrogens is 496 g/mol. The second kappa shape index (κ2) is 14.5. The highest BCUT2D eigenvalue weighted by Gasteiger charge is 2.45. The molecule has 2 aliphatic heterocycles. The van der Waals surface area contributed by atoms with E-state index in [0.717, 1.165) is 6.42 Å². The molecule has 0 bridgehead atoms. The topological polar surface area (TPSA) is 90.9 Å². The summed E-state index contributed by atoms with van der Waals surface area (Å²) in [6, 6.07) is 0. The molecule has 0 unspecified atom stereocenters. The monoisotopic (exact) mass is 546 g/mol. The summed E-state index contributed by atoms with van der Waals surface area (Å²) in [5.41, 5.74) is 0. The molecule has 0 radical (unpaired) electrons. The second-order valence-electron chi connectivity index (χ2n) is 11.5. The molecule has 2 heterocycles. The van der Waals surface area contributed by atoms with Crippen LogP contribution in [0.15, 0.2) is 12.7 Å². The smallest absolute Gasteiger partial charge is 0.308 e. The number of hydrogen-bond donors (Lipinski definition) is 0. The van der Waals surface area contributed by atoms with E-state index in [1.54, 1.807) is 21.3 Å². The van der Waals surface area contributed by atoms with Gasteiger partial charge in [-0.25, -0.2) is 0 Å². The molecule has 0 aromatic heterocycles. The Morgan fingerprint density at radius 1 is 1.05 bits per heavy atom. The van der Waals surface area contributed by atoms with Crippen LogP contribution >= 0.6 is 0 Å². The van der Waals surface area contributed by atoms with E-state index in [9.17, 15) is 4.79 Å². The third-order valence-corrected chi connectivity index (χ3v) is 12.4. The summed E-state index contributed by atoms with van der Waals surface area (Å²) in [6.07, 6.45) is 2.27. The highest BCUT2D eigenvalue weighted by Crippen LogP contribution is 2.39. The van der Waals surface area contributed by atoms with Crippen LogP contribution in [0, 0.1) is 0 Å². The van der Waals surface area contributed by atoms with Gasteiger partial charge in [0.25, 0.3) is 0 Å². The van der Waals surface area contributed by atoms with Gasteiger partial charge in [0.15, 0.2) is 14.6 Å². The first-order valence-corrected chi connectivity index (χ1v) is 16.2. The maximum absolute atomic E-state index is 12.1. The minimum Gasteiger partial charge on any atom is -0.469 e. The van der Waals surface area contributed by atoms with Crippen molar-refractivity contribution in [2.45, 2.75) is 120 Å². The molecule has 0 aliphatic carbocycles. The van der Waals surface area contributed by atoms with Crippen molar-refractivity contribution in [2.75, 3.05) is 35.0 Å². The fraction of sp³-hybridized carbons (Fsp3) is 0.889. The van der Waals surface area contributed by atoms with Crippen molar-refractivity contribution in [3.63, 3.8) is 0 Å². The van der Waals surface area contributed by atoms with Gasteiger partial charge in [0.2, 0.25) is 0 Å². The minimum atomic E-state index is -2.00. The Morgan fingerprint density at radius 2 is 1.70 bits per heavy atom. The van der Waals surface area contributed by atoms with Gasteiger partial charge in [0.1, 0.15) is 18.3 Å². The summed E-state index contributed by atoms with van der Waals surface area (Å²) >= 11 is 0. The first-order chi connectivity index (χ1) is 17.4.